The highest BCUT2D eigenvalue weighted by molar-refractivity contribution is 5.40. The third-order valence-corrected chi connectivity index (χ3v) is 10.9. The van der Waals surface area contributed by atoms with E-state index in [4.69, 9.17) is 4.74 Å². The Morgan fingerprint density at radius 1 is 1.21 bits per heavy atom. The molecule has 6 aliphatic carbocycles. The topological polar surface area (TPSA) is 38.7 Å². The van der Waals surface area contributed by atoms with Gasteiger partial charge >= 0.3 is 0 Å². The fraction of sp³-hybridized carbons (Fsp3) is 0.840. The van der Waals surface area contributed by atoms with Crippen molar-refractivity contribution in [3.63, 3.8) is 0 Å². The normalized spacial score (nSPS) is 54.3. The minimum Gasteiger partial charge on any atom is -0.366 e. The summed E-state index contributed by atoms with van der Waals surface area (Å²) in [6.45, 7) is 3.29. The predicted molar refractivity (Wildman–Crippen MR) is 109 cm³/mol. The third-order valence-electron chi connectivity index (χ3n) is 10.9. The largest absolute Gasteiger partial charge is 0.366 e. The second-order valence-electron chi connectivity index (χ2n) is 11.3. The number of hydrogen-bond donors (Lipinski definition) is 0. The van der Waals surface area contributed by atoms with E-state index in [1.165, 1.54) is 44.9 Å². The molecule has 1 aliphatic heterocycles. The van der Waals surface area contributed by atoms with Crippen molar-refractivity contribution in [1.29, 1.82) is 0 Å². The van der Waals surface area contributed by atoms with E-state index >= 15 is 0 Å². The number of hydrogen-bond acceptors (Lipinski definition) is 3. The molecule has 4 saturated carbocycles. The molecule has 4 fully saturated rings. The van der Waals surface area contributed by atoms with Crippen molar-refractivity contribution < 1.29 is 4.74 Å². The van der Waals surface area contributed by atoms with Gasteiger partial charge in [-0.3, -0.25) is 0 Å². The minimum absolute atomic E-state index is 0.0608. The van der Waals surface area contributed by atoms with Crippen molar-refractivity contribution in [2.24, 2.45) is 45.6 Å². The van der Waals surface area contributed by atoms with Crippen LogP contribution < -0.4 is 0 Å². The van der Waals surface area contributed by atoms with Crippen LogP contribution in [0.4, 0.5) is 0 Å². The van der Waals surface area contributed by atoms with Crippen molar-refractivity contribution in [2.45, 2.75) is 82.8 Å². The first-order chi connectivity index (χ1) is 13.7. The van der Waals surface area contributed by atoms with Gasteiger partial charge in [-0.25, -0.2) is 0 Å². The van der Waals surface area contributed by atoms with E-state index in [0.717, 1.165) is 55.5 Å². The molecule has 3 heteroatoms. The lowest BCUT2D eigenvalue weighted by molar-refractivity contribution is -0.136. The minimum atomic E-state index is 0.0608. The van der Waals surface area contributed by atoms with E-state index in [0.29, 0.717) is 10.8 Å². The van der Waals surface area contributed by atoms with Gasteiger partial charge in [-0.05, 0) is 99.2 Å². The molecule has 3 nitrogen and oxygen atoms in total. The predicted octanol–water partition coefficient (Wildman–Crippen LogP) is 5.80. The zero-order valence-corrected chi connectivity index (χ0v) is 17.2. The van der Waals surface area contributed by atoms with Gasteiger partial charge in [0.05, 0.1) is 18.2 Å². The van der Waals surface area contributed by atoms with Crippen LogP contribution in [0, 0.1) is 45.3 Å². The van der Waals surface area contributed by atoms with Crippen LogP contribution in [-0.2, 0) is 4.74 Å². The van der Waals surface area contributed by atoms with E-state index in [2.05, 4.69) is 24.3 Å². The molecule has 0 amide bonds. The van der Waals surface area contributed by atoms with Gasteiger partial charge in [-0.1, -0.05) is 35.4 Å². The number of rotatable bonds is 2. The molecular formula is C25H33NO2. The molecule has 7 rings (SSSR count). The number of ether oxygens (including phenoxy) is 1. The molecule has 0 N–H and O–H groups in total. The van der Waals surface area contributed by atoms with Gasteiger partial charge in [-0.15, -0.1) is 0 Å². The summed E-state index contributed by atoms with van der Waals surface area (Å²) in [4.78, 5) is 11.3. The molecule has 2 spiro atoms. The molecule has 0 aromatic carbocycles. The van der Waals surface area contributed by atoms with Gasteiger partial charge in [0, 0.05) is 5.41 Å². The molecule has 6 unspecified atom stereocenters. The monoisotopic (exact) mass is 379 g/mol. The number of fused-ring (bicyclic) bond motifs is 9. The molecule has 1 heterocycles. The molecular weight excluding hydrogens is 346 g/mol. The Hall–Kier alpha value is -0.960. The van der Waals surface area contributed by atoms with E-state index in [9.17, 15) is 4.91 Å². The molecule has 0 aromatic heterocycles. The Kier molecular flexibility index (Phi) is 3.12. The zero-order chi connectivity index (χ0) is 18.7. The van der Waals surface area contributed by atoms with E-state index in [1.807, 2.05) is 5.57 Å². The van der Waals surface area contributed by atoms with Crippen LogP contribution in [0.2, 0.25) is 0 Å². The lowest BCUT2D eigenvalue weighted by Gasteiger charge is -2.58. The summed E-state index contributed by atoms with van der Waals surface area (Å²) in [6.07, 6.45) is 17.6. The average molecular weight is 380 g/mol. The molecule has 150 valence electrons. The Morgan fingerprint density at radius 3 is 2.82 bits per heavy atom. The van der Waals surface area contributed by atoms with Crippen LogP contribution in [0.15, 0.2) is 28.5 Å². The molecule has 8 atom stereocenters. The van der Waals surface area contributed by atoms with Gasteiger partial charge in [0.15, 0.2) is 0 Å². The summed E-state index contributed by atoms with van der Waals surface area (Å²) in [5.74, 6) is 4.28. The average Bonchev–Trinajstić information content (AvgIpc) is 3.63. The second-order valence-corrected chi connectivity index (χ2v) is 11.3. The summed E-state index contributed by atoms with van der Waals surface area (Å²) < 4.78 is 6.63. The van der Waals surface area contributed by atoms with Crippen molar-refractivity contribution in [3.8, 4) is 0 Å². The number of nitroso groups, excluding NO2 is 1. The highest BCUT2D eigenvalue weighted by atomic mass is 16.5. The molecule has 0 aromatic rings. The fourth-order valence-corrected chi connectivity index (χ4v) is 9.73. The number of allylic oxidation sites excluding steroid dienone is 1. The standard InChI is InChI=1S/C25H33NO2/c1-2-24-8-6-16-17-5-4-15(26-27)12-20(17)23(9-10-23)14-19(16)22(24)18-13-21(18)25(24)7-3-11-28-25/h3,7,15-16,18-19,21-22H,2,4-6,8-14H2,1H3/t15?,16?,18?,19?,21?,22?,24-,25-/m0/s1. The molecule has 0 bridgehead atoms. The van der Waals surface area contributed by atoms with E-state index in [-0.39, 0.29) is 11.6 Å². The Morgan fingerprint density at radius 2 is 2.11 bits per heavy atom. The quantitative estimate of drug-likeness (QED) is 0.449. The van der Waals surface area contributed by atoms with E-state index < -0.39 is 0 Å². The molecule has 7 aliphatic rings. The first-order valence-corrected chi connectivity index (χ1v) is 12.0. The van der Waals surface area contributed by atoms with Crippen molar-refractivity contribution in [2.75, 3.05) is 6.61 Å². The summed E-state index contributed by atoms with van der Waals surface area (Å²) in [6, 6.07) is 0.0608. The summed E-state index contributed by atoms with van der Waals surface area (Å²) in [5, 5.41) is 3.47. The summed E-state index contributed by atoms with van der Waals surface area (Å²) in [7, 11) is 0. The first kappa shape index (κ1) is 16.8. The van der Waals surface area contributed by atoms with Crippen LogP contribution in [0.25, 0.3) is 0 Å². The lowest BCUT2D eigenvalue weighted by atomic mass is 9.47. The third kappa shape index (κ3) is 1.75. The zero-order valence-electron chi connectivity index (χ0n) is 17.2. The maximum Gasteiger partial charge on any atom is 0.0960 e. The Balaban J connectivity index is 1.32. The van der Waals surface area contributed by atoms with E-state index in [1.54, 1.807) is 5.57 Å². The second kappa shape index (κ2) is 5.20. The molecule has 0 radical (unpaired) electrons. The van der Waals surface area contributed by atoms with Crippen LogP contribution >= 0.6 is 0 Å². The number of nitrogens with zero attached hydrogens (tertiary/aromatic N) is 1. The van der Waals surface area contributed by atoms with Gasteiger partial charge in [0.2, 0.25) is 0 Å². The van der Waals surface area contributed by atoms with Crippen molar-refractivity contribution >= 4 is 0 Å². The van der Waals surface area contributed by atoms with Crippen LogP contribution in [-0.4, -0.2) is 18.2 Å². The maximum atomic E-state index is 11.3. The highest BCUT2D eigenvalue weighted by Gasteiger charge is 2.78. The summed E-state index contributed by atoms with van der Waals surface area (Å²) in [5.41, 5.74) is 4.49. The maximum absolute atomic E-state index is 11.3. The SMILES string of the molecule is CC[C@]12CCC3C4=C(CC(N=O)CC4)C4(CC4)CC3C1C1CC1[C@@]21C=CCO1. The lowest BCUT2D eigenvalue weighted by Crippen LogP contribution is -2.55. The van der Waals surface area contributed by atoms with Gasteiger partial charge in [-0.2, -0.15) is 4.91 Å². The van der Waals surface area contributed by atoms with Gasteiger partial charge < -0.3 is 4.74 Å². The van der Waals surface area contributed by atoms with Crippen molar-refractivity contribution in [1.82, 2.24) is 0 Å². The first-order valence-electron chi connectivity index (χ1n) is 12.0. The van der Waals surface area contributed by atoms with Gasteiger partial charge in [0.25, 0.3) is 0 Å². The van der Waals surface area contributed by atoms with Crippen LogP contribution in [0.5, 0.6) is 0 Å². The highest BCUT2D eigenvalue weighted by Crippen LogP contribution is 2.80. The smallest absolute Gasteiger partial charge is 0.0960 e. The summed E-state index contributed by atoms with van der Waals surface area (Å²) >= 11 is 0. The Bertz CT molecular complexity index is 809. The Labute approximate surface area is 168 Å². The van der Waals surface area contributed by atoms with Crippen LogP contribution in [0.1, 0.15) is 71.1 Å². The molecule has 28 heavy (non-hydrogen) atoms. The van der Waals surface area contributed by atoms with Crippen LogP contribution in [0.3, 0.4) is 0 Å². The van der Waals surface area contributed by atoms with Crippen molar-refractivity contribution in [3.05, 3.63) is 28.2 Å². The molecule has 0 saturated heterocycles. The van der Waals surface area contributed by atoms with Gasteiger partial charge in [0.1, 0.15) is 0 Å². The fourth-order valence-electron chi connectivity index (χ4n) is 9.73.